The fourth-order valence-corrected chi connectivity index (χ4v) is 2.26. The van der Waals surface area contributed by atoms with Gasteiger partial charge in [0.25, 0.3) is 10.1 Å². The van der Waals surface area contributed by atoms with E-state index in [0.717, 1.165) is 18.4 Å². The summed E-state index contributed by atoms with van der Waals surface area (Å²) in [6, 6.07) is 5.99. The maximum absolute atomic E-state index is 11.4. The van der Waals surface area contributed by atoms with Crippen LogP contribution in [0.2, 0.25) is 0 Å². The first-order chi connectivity index (χ1) is 10.9. The topological polar surface area (TPSA) is 101 Å². The lowest BCUT2D eigenvalue weighted by Crippen LogP contribution is -2.42. The standard InChI is InChI=1S/C10H22N2O.C7H8O3S/c1-5-6-7-9(13)12(11)8-10(2,3)4;1-6-2-4-7(5-3-6)11(8,9)10/h5-8,11H2,1-4H3;2-5H,1H3,(H,8,9,10). The zero-order chi connectivity index (χ0) is 19.0. The molecule has 24 heavy (non-hydrogen) atoms. The number of nitrogens with zero attached hydrogens (tertiary/aromatic N) is 1. The first-order valence-corrected chi connectivity index (χ1v) is 9.40. The van der Waals surface area contributed by atoms with Crippen LogP contribution in [0.4, 0.5) is 0 Å². The van der Waals surface area contributed by atoms with Crippen LogP contribution in [0.15, 0.2) is 29.2 Å². The molecule has 6 nitrogen and oxygen atoms in total. The molecule has 1 aromatic carbocycles. The van der Waals surface area contributed by atoms with Crippen LogP contribution in [0.1, 0.15) is 52.5 Å². The van der Waals surface area contributed by atoms with Crippen molar-refractivity contribution in [1.29, 1.82) is 0 Å². The summed E-state index contributed by atoms with van der Waals surface area (Å²) >= 11 is 0. The number of hydrazine groups is 1. The van der Waals surface area contributed by atoms with Crippen LogP contribution >= 0.6 is 0 Å². The molecule has 3 N–H and O–H groups in total. The lowest BCUT2D eigenvalue weighted by molar-refractivity contribution is -0.132. The molecule has 0 heterocycles. The molecule has 138 valence electrons. The van der Waals surface area contributed by atoms with E-state index >= 15 is 0 Å². The molecule has 0 fully saturated rings. The van der Waals surface area contributed by atoms with Gasteiger partial charge in [-0.05, 0) is 30.9 Å². The third-order valence-electron chi connectivity index (χ3n) is 3.03. The predicted molar refractivity (Wildman–Crippen MR) is 95.9 cm³/mol. The molecule has 0 unspecified atom stereocenters. The minimum Gasteiger partial charge on any atom is -0.282 e. The van der Waals surface area contributed by atoms with Crippen LogP contribution in [-0.4, -0.2) is 30.4 Å². The molecule has 0 aliphatic carbocycles. The second-order valence-corrected chi connectivity index (χ2v) is 8.40. The summed E-state index contributed by atoms with van der Waals surface area (Å²) in [7, 11) is -4.02. The van der Waals surface area contributed by atoms with E-state index < -0.39 is 10.1 Å². The molecule has 0 bridgehead atoms. The van der Waals surface area contributed by atoms with Crippen LogP contribution in [0.25, 0.3) is 0 Å². The molecule has 0 radical (unpaired) electrons. The van der Waals surface area contributed by atoms with Crippen LogP contribution < -0.4 is 5.84 Å². The highest BCUT2D eigenvalue weighted by molar-refractivity contribution is 7.85. The Bertz CT molecular complexity index is 604. The van der Waals surface area contributed by atoms with Gasteiger partial charge in [-0.3, -0.25) is 14.4 Å². The third kappa shape index (κ3) is 10.4. The van der Waals surface area contributed by atoms with E-state index in [-0.39, 0.29) is 16.2 Å². The van der Waals surface area contributed by atoms with Crippen LogP contribution in [-0.2, 0) is 14.9 Å². The second-order valence-electron chi connectivity index (χ2n) is 6.97. The Balaban J connectivity index is 0.000000446. The van der Waals surface area contributed by atoms with Crippen molar-refractivity contribution in [2.75, 3.05) is 6.54 Å². The van der Waals surface area contributed by atoms with Gasteiger partial charge in [0.2, 0.25) is 5.91 Å². The van der Waals surface area contributed by atoms with E-state index in [2.05, 4.69) is 27.7 Å². The number of nitrogens with two attached hydrogens (primary N) is 1. The van der Waals surface area contributed by atoms with Gasteiger partial charge in [0.05, 0.1) is 4.90 Å². The van der Waals surface area contributed by atoms with E-state index in [1.807, 2.05) is 6.92 Å². The van der Waals surface area contributed by atoms with Crippen molar-refractivity contribution in [2.45, 2.75) is 58.8 Å². The Kier molecular flexibility index (Phi) is 9.17. The van der Waals surface area contributed by atoms with Gasteiger partial charge in [-0.1, -0.05) is 51.8 Å². The van der Waals surface area contributed by atoms with Gasteiger partial charge < -0.3 is 0 Å². The molecule has 0 aliphatic heterocycles. The highest BCUT2D eigenvalue weighted by Gasteiger charge is 2.17. The van der Waals surface area contributed by atoms with E-state index in [4.69, 9.17) is 10.4 Å². The first-order valence-electron chi connectivity index (χ1n) is 7.96. The van der Waals surface area contributed by atoms with Crippen molar-refractivity contribution in [1.82, 2.24) is 5.01 Å². The van der Waals surface area contributed by atoms with E-state index in [9.17, 15) is 13.2 Å². The van der Waals surface area contributed by atoms with Crippen molar-refractivity contribution < 1.29 is 17.8 Å². The van der Waals surface area contributed by atoms with Crippen molar-refractivity contribution in [2.24, 2.45) is 11.3 Å². The van der Waals surface area contributed by atoms with Crippen molar-refractivity contribution in [3.05, 3.63) is 29.8 Å². The number of benzene rings is 1. The first kappa shape index (κ1) is 22.6. The minimum atomic E-state index is -4.02. The van der Waals surface area contributed by atoms with E-state index in [1.54, 1.807) is 12.1 Å². The maximum Gasteiger partial charge on any atom is 0.294 e. The molecule has 0 saturated heterocycles. The molecular weight excluding hydrogens is 328 g/mol. The quantitative estimate of drug-likeness (QED) is 0.364. The van der Waals surface area contributed by atoms with Gasteiger partial charge in [0.1, 0.15) is 0 Å². The molecule has 0 aromatic heterocycles. The molecule has 0 spiro atoms. The molecule has 1 amide bonds. The Labute approximate surface area is 145 Å². The zero-order valence-electron chi connectivity index (χ0n) is 15.2. The van der Waals surface area contributed by atoms with Crippen LogP contribution in [0, 0.1) is 12.3 Å². The van der Waals surface area contributed by atoms with Gasteiger partial charge in [-0.15, -0.1) is 0 Å². The second kappa shape index (κ2) is 9.76. The molecule has 1 aromatic rings. The van der Waals surface area contributed by atoms with Crippen LogP contribution in [0.5, 0.6) is 0 Å². The van der Waals surface area contributed by atoms with Gasteiger partial charge in [-0.25, -0.2) is 5.84 Å². The van der Waals surface area contributed by atoms with Crippen molar-refractivity contribution in [3.8, 4) is 0 Å². The summed E-state index contributed by atoms with van der Waals surface area (Å²) < 4.78 is 29.6. The molecular formula is C17H30N2O4S. The monoisotopic (exact) mass is 358 g/mol. The van der Waals surface area contributed by atoms with Gasteiger partial charge in [0, 0.05) is 13.0 Å². The SMILES string of the molecule is CCCCC(=O)N(N)CC(C)(C)C.Cc1ccc(S(=O)(=O)O)cc1. The number of amides is 1. The number of rotatable bonds is 5. The fourth-order valence-electron chi connectivity index (χ4n) is 1.78. The highest BCUT2D eigenvalue weighted by Crippen LogP contribution is 2.14. The zero-order valence-corrected chi connectivity index (χ0v) is 16.1. The Morgan fingerprint density at radius 1 is 1.21 bits per heavy atom. The predicted octanol–water partition coefficient (Wildman–Crippen LogP) is 3.17. The van der Waals surface area contributed by atoms with Crippen LogP contribution in [0.3, 0.4) is 0 Å². The van der Waals surface area contributed by atoms with E-state index in [0.29, 0.717) is 13.0 Å². The maximum atomic E-state index is 11.4. The van der Waals surface area contributed by atoms with Gasteiger partial charge in [-0.2, -0.15) is 8.42 Å². The molecule has 1 rings (SSSR count). The summed E-state index contributed by atoms with van der Waals surface area (Å²) in [4.78, 5) is 11.3. The lowest BCUT2D eigenvalue weighted by atomic mass is 9.96. The summed E-state index contributed by atoms with van der Waals surface area (Å²) in [5.74, 6) is 5.68. The van der Waals surface area contributed by atoms with E-state index in [1.165, 1.54) is 17.1 Å². The van der Waals surface area contributed by atoms with Gasteiger partial charge in [0.15, 0.2) is 0 Å². The minimum absolute atomic E-state index is 0.0526. The summed E-state index contributed by atoms with van der Waals surface area (Å²) in [6.45, 7) is 10.7. The number of unbranched alkanes of at least 4 members (excludes halogenated alkanes) is 1. The molecule has 0 aliphatic rings. The Morgan fingerprint density at radius 2 is 1.71 bits per heavy atom. The molecule has 0 saturated carbocycles. The Morgan fingerprint density at radius 3 is 2.08 bits per heavy atom. The van der Waals surface area contributed by atoms with Gasteiger partial charge >= 0.3 is 0 Å². The van der Waals surface area contributed by atoms with Crippen molar-refractivity contribution >= 4 is 16.0 Å². The summed E-state index contributed by atoms with van der Waals surface area (Å²) in [6.07, 6.45) is 2.54. The average molecular weight is 359 g/mol. The summed E-state index contributed by atoms with van der Waals surface area (Å²) in [5.41, 5.74) is 1.04. The number of carbonyl (C=O) groups excluding carboxylic acids is 1. The average Bonchev–Trinajstić information content (AvgIpc) is 2.43. The fraction of sp³-hybridized carbons (Fsp3) is 0.588. The number of hydrogen-bond donors (Lipinski definition) is 2. The third-order valence-corrected chi connectivity index (χ3v) is 3.90. The molecule has 0 atom stereocenters. The normalized spacial score (nSPS) is 11.5. The number of aryl methyl sites for hydroxylation is 1. The Hall–Kier alpha value is -1.44. The highest BCUT2D eigenvalue weighted by atomic mass is 32.2. The largest absolute Gasteiger partial charge is 0.294 e. The molecule has 7 heteroatoms. The smallest absolute Gasteiger partial charge is 0.282 e. The number of carbonyl (C=O) groups is 1. The lowest BCUT2D eigenvalue weighted by Gasteiger charge is -2.25. The number of hydrogen-bond acceptors (Lipinski definition) is 4. The summed E-state index contributed by atoms with van der Waals surface area (Å²) in [5, 5.41) is 1.34. The van der Waals surface area contributed by atoms with Crippen molar-refractivity contribution in [3.63, 3.8) is 0 Å².